The fraction of sp³-hybridized carbons (Fsp3) is 0.0909. The average Bonchev–Trinajstić information content (AvgIpc) is 3.88. The molecule has 0 saturated heterocycles. The van der Waals surface area contributed by atoms with Crippen LogP contribution in [0.1, 0.15) is 53.6 Å². The van der Waals surface area contributed by atoms with Crippen molar-refractivity contribution in [1.29, 1.82) is 0 Å². The van der Waals surface area contributed by atoms with Crippen molar-refractivity contribution in [3.05, 3.63) is 222 Å². The molecule has 3 heterocycles. The third-order valence-corrected chi connectivity index (χ3v) is 12.9. The molecule has 4 heteroatoms. The molecule has 3 aliphatic rings. The summed E-state index contributed by atoms with van der Waals surface area (Å²) in [6, 6.07) is 70.3. The average molecular weight is 757 g/mol. The van der Waals surface area contributed by atoms with Gasteiger partial charge >= 0.3 is 0 Å². The molecule has 2 unspecified atom stereocenters. The van der Waals surface area contributed by atoms with Gasteiger partial charge in [0.15, 0.2) is 5.84 Å². The van der Waals surface area contributed by atoms with Gasteiger partial charge in [-0.15, -0.1) is 0 Å². The van der Waals surface area contributed by atoms with Crippen molar-refractivity contribution >= 4 is 44.9 Å². The van der Waals surface area contributed by atoms with Crippen LogP contribution in [0.5, 0.6) is 0 Å². The third-order valence-electron chi connectivity index (χ3n) is 12.9. The van der Waals surface area contributed by atoms with Crippen molar-refractivity contribution < 1.29 is 0 Å². The van der Waals surface area contributed by atoms with Crippen molar-refractivity contribution in [3.63, 3.8) is 0 Å². The summed E-state index contributed by atoms with van der Waals surface area (Å²) in [5.74, 6) is 1.69. The van der Waals surface area contributed by atoms with Gasteiger partial charge in [-0.2, -0.15) is 0 Å². The highest BCUT2D eigenvalue weighted by atomic mass is 15.3. The van der Waals surface area contributed by atoms with Crippen LogP contribution in [-0.4, -0.2) is 16.2 Å². The van der Waals surface area contributed by atoms with E-state index < -0.39 is 0 Å². The summed E-state index contributed by atoms with van der Waals surface area (Å²) in [6.45, 7) is 4.73. The number of aromatic nitrogens is 1. The lowest BCUT2D eigenvalue weighted by Crippen LogP contribution is -2.31. The van der Waals surface area contributed by atoms with Gasteiger partial charge in [0.2, 0.25) is 0 Å². The highest BCUT2D eigenvalue weighted by Crippen LogP contribution is 2.53. The highest BCUT2D eigenvalue weighted by molar-refractivity contribution is 6.21. The van der Waals surface area contributed by atoms with E-state index in [9.17, 15) is 0 Å². The number of nitrogens with zero attached hydrogens (tertiary/aromatic N) is 4. The molecule has 1 aromatic heterocycles. The summed E-state index contributed by atoms with van der Waals surface area (Å²) in [4.78, 5) is 13.2. The number of para-hydroxylation sites is 2. The summed E-state index contributed by atoms with van der Waals surface area (Å²) in [7, 11) is 0. The number of benzene rings is 8. The molecule has 4 nitrogen and oxygen atoms in total. The van der Waals surface area contributed by atoms with Crippen LogP contribution in [0.25, 0.3) is 49.7 Å². The van der Waals surface area contributed by atoms with E-state index in [0.717, 1.165) is 28.6 Å². The lowest BCUT2D eigenvalue weighted by molar-refractivity contribution is 0.661. The van der Waals surface area contributed by atoms with E-state index in [2.05, 4.69) is 211 Å². The molecular formula is C55H40N4. The predicted octanol–water partition coefficient (Wildman–Crippen LogP) is 13.6. The molecule has 1 aliphatic carbocycles. The Morgan fingerprint density at radius 2 is 1.12 bits per heavy atom. The van der Waals surface area contributed by atoms with E-state index in [1.54, 1.807) is 0 Å². The molecule has 0 saturated carbocycles. The van der Waals surface area contributed by atoms with Crippen molar-refractivity contribution in [3.8, 4) is 27.9 Å². The van der Waals surface area contributed by atoms with E-state index in [-0.39, 0.29) is 17.4 Å². The minimum atomic E-state index is -0.151. The first-order valence-corrected chi connectivity index (χ1v) is 20.6. The quantitative estimate of drug-likeness (QED) is 0.172. The van der Waals surface area contributed by atoms with Crippen molar-refractivity contribution in [2.24, 2.45) is 9.98 Å². The van der Waals surface area contributed by atoms with Gasteiger partial charge in [-0.1, -0.05) is 147 Å². The van der Waals surface area contributed by atoms with E-state index in [1.807, 2.05) is 6.07 Å². The van der Waals surface area contributed by atoms with E-state index >= 15 is 0 Å². The molecule has 0 N–H and O–H groups in total. The summed E-state index contributed by atoms with van der Waals surface area (Å²) in [5, 5.41) is 2.51. The number of anilines is 2. The molecule has 8 aromatic carbocycles. The van der Waals surface area contributed by atoms with Crippen molar-refractivity contribution in [2.45, 2.75) is 31.2 Å². The Morgan fingerprint density at radius 1 is 0.492 bits per heavy atom. The van der Waals surface area contributed by atoms with Crippen LogP contribution in [0.4, 0.5) is 11.4 Å². The fourth-order valence-electron chi connectivity index (χ4n) is 10.1. The van der Waals surface area contributed by atoms with Crippen molar-refractivity contribution in [1.82, 2.24) is 4.57 Å². The molecule has 0 spiro atoms. The second-order valence-corrected chi connectivity index (χ2v) is 16.6. The normalized spacial score (nSPS) is 17.3. The summed E-state index contributed by atoms with van der Waals surface area (Å²) < 4.78 is 2.45. The van der Waals surface area contributed by atoms with E-state index in [1.165, 1.54) is 72.0 Å². The molecule has 280 valence electrons. The van der Waals surface area contributed by atoms with Gasteiger partial charge < -0.3 is 4.57 Å². The topological polar surface area (TPSA) is 32.9 Å². The van der Waals surface area contributed by atoms with Gasteiger partial charge in [-0.3, -0.25) is 9.89 Å². The molecule has 2 atom stereocenters. The Bertz CT molecular complexity index is 3180. The predicted molar refractivity (Wildman–Crippen MR) is 245 cm³/mol. The molecule has 0 radical (unpaired) electrons. The van der Waals surface area contributed by atoms with Gasteiger partial charge in [0.05, 0.1) is 28.7 Å². The number of hydrogen-bond acceptors (Lipinski definition) is 3. The molecule has 9 aromatic rings. The molecule has 0 fully saturated rings. The van der Waals surface area contributed by atoms with Gasteiger partial charge in [-0.25, -0.2) is 4.99 Å². The van der Waals surface area contributed by atoms with Crippen LogP contribution in [0.2, 0.25) is 0 Å². The number of hydrogen-bond donors (Lipinski definition) is 0. The molecular weight excluding hydrogens is 717 g/mol. The smallest absolute Gasteiger partial charge is 0.157 e. The van der Waals surface area contributed by atoms with Crippen LogP contribution in [0.15, 0.2) is 204 Å². The Balaban J connectivity index is 1.06. The maximum absolute atomic E-state index is 5.46. The SMILES string of the molecule is CC1(C)c2ccccc2-c2cc3c4cc(-c5ccc6c(c5)C5C(=NC(c7ccccc7)=NC5c5ccccc5)N6c5ccccc5)ccc4n(-c4ccccc4)c3cc21. The largest absolute Gasteiger partial charge is 0.309 e. The second kappa shape index (κ2) is 12.9. The monoisotopic (exact) mass is 756 g/mol. The molecule has 12 rings (SSSR count). The second-order valence-electron chi connectivity index (χ2n) is 16.6. The third kappa shape index (κ3) is 5.09. The first kappa shape index (κ1) is 33.8. The highest BCUT2D eigenvalue weighted by Gasteiger charge is 2.44. The Kier molecular flexibility index (Phi) is 7.37. The van der Waals surface area contributed by atoms with Crippen molar-refractivity contribution in [2.75, 3.05) is 4.90 Å². The van der Waals surface area contributed by atoms with Gasteiger partial charge in [0.1, 0.15) is 5.84 Å². The summed E-state index contributed by atoms with van der Waals surface area (Å²) >= 11 is 0. The fourth-order valence-corrected chi connectivity index (χ4v) is 10.1. The van der Waals surface area contributed by atoms with E-state index in [0.29, 0.717) is 0 Å². The minimum absolute atomic E-state index is 0.0743. The van der Waals surface area contributed by atoms with Gasteiger partial charge in [0, 0.05) is 33.1 Å². The maximum Gasteiger partial charge on any atom is 0.157 e. The lowest BCUT2D eigenvalue weighted by atomic mass is 9.82. The summed E-state index contributed by atoms with van der Waals surface area (Å²) in [5.41, 5.74) is 17.0. The van der Waals surface area contributed by atoms with Crippen LogP contribution in [-0.2, 0) is 5.41 Å². The number of rotatable bonds is 5. The first-order valence-electron chi connectivity index (χ1n) is 20.6. The van der Waals surface area contributed by atoms with Crippen LogP contribution >= 0.6 is 0 Å². The Hall–Kier alpha value is -7.30. The van der Waals surface area contributed by atoms with E-state index in [4.69, 9.17) is 9.98 Å². The van der Waals surface area contributed by atoms with Gasteiger partial charge in [0.25, 0.3) is 0 Å². The van der Waals surface area contributed by atoms with Crippen LogP contribution in [0, 0.1) is 0 Å². The van der Waals surface area contributed by atoms with Crippen LogP contribution < -0.4 is 4.90 Å². The number of aliphatic imine (C=N–C) groups is 2. The zero-order chi connectivity index (χ0) is 39.2. The molecule has 59 heavy (non-hydrogen) atoms. The standard InChI is InChI=1S/C55H40N4/c1-55(2)46-26-16-15-25-41(46)42-33-44-43-31-37(27-29-48(43)58(50(44)34-47(42)55)39-21-11-5-12-22-39)38-28-30-49-45(32-38)51-52(35-17-7-3-8-18-35)56-53(36-19-9-4-10-20-36)57-54(51)59(49)40-23-13-6-14-24-40/h3-34,51-52H,1-2H3. The Labute approximate surface area is 344 Å². The number of fused-ring (bicyclic) bond motifs is 9. The first-order chi connectivity index (χ1) is 29.0. The lowest BCUT2D eigenvalue weighted by Gasteiger charge is -2.29. The minimum Gasteiger partial charge on any atom is -0.309 e. The Morgan fingerprint density at radius 3 is 1.88 bits per heavy atom. The number of amidine groups is 2. The van der Waals surface area contributed by atoms with Gasteiger partial charge in [-0.05, 0) is 105 Å². The maximum atomic E-state index is 5.46. The molecule has 2 aliphatic heterocycles. The zero-order valence-corrected chi connectivity index (χ0v) is 32.9. The summed E-state index contributed by atoms with van der Waals surface area (Å²) in [6.07, 6.45) is 0. The molecule has 0 bridgehead atoms. The van der Waals surface area contributed by atoms with Crippen LogP contribution in [0.3, 0.4) is 0 Å². The zero-order valence-electron chi connectivity index (χ0n) is 32.9. The molecule has 0 amide bonds.